The second-order valence-electron chi connectivity index (χ2n) is 6.91. The normalized spacial score (nSPS) is 22.4. The Balaban J connectivity index is 1.56. The minimum Gasteiger partial charge on any atom is -0.490 e. The van der Waals surface area contributed by atoms with Gasteiger partial charge >= 0.3 is 0 Å². The Kier molecular flexibility index (Phi) is 4.67. The Morgan fingerprint density at radius 1 is 1.27 bits per heavy atom. The first kappa shape index (κ1) is 15.3. The maximum absolute atomic E-state index is 6.27. The van der Waals surface area contributed by atoms with Crippen LogP contribution >= 0.6 is 0 Å². The van der Waals surface area contributed by atoms with Gasteiger partial charge in [0.05, 0.1) is 17.8 Å². The molecule has 0 saturated heterocycles. The van der Waals surface area contributed by atoms with Gasteiger partial charge in [-0.3, -0.25) is 5.10 Å². The molecule has 0 aliphatic heterocycles. The molecule has 0 radical (unpaired) electrons. The van der Waals surface area contributed by atoms with Crippen LogP contribution in [0.25, 0.3) is 10.9 Å². The van der Waals surface area contributed by atoms with Crippen molar-refractivity contribution in [1.29, 1.82) is 0 Å². The van der Waals surface area contributed by atoms with E-state index in [4.69, 9.17) is 4.74 Å². The third-order valence-corrected chi connectivity index (χ3v) is 4.63. The number of nitrogens with one attached hydrogen (secondary N) is 2. The van der Waals surface area contributed by atoms with E-state index in [-0.39, 0.29) is 0 Å². The monoisotopic (exact) mass is 301 g/mol. The number of H-pyrrole nitrogens is 1. The van der Waals surface area contributed by atoms with Gasteiger partial charge in [-0.2, -0.15) is 5.10 Å². The van der Waals surface area contributed by atoms with Gasteiger partial charge in [0, 0.05) is 17.0 Å². The molecule has 1 aliphatic carbocycles. The molecule has 2 N–H and O–H groups in total. The van der Waals surface area contributed by atoms with Crippen LogP contribution in [0.5, 0.6) is 5.75 Å². The molecule has 120 valence electrons. The summed E-state index contributed by atoms with van der Waals surface area (Å²) in [6.07, 6.45) is 6.93. The summed E-state index contributed by atoms with van der Waals surface area (Å²) in [6.45, 7) is 7.75. The number of aromatic nitrogens is 2. The van der Waals surface area contributed by atoms with E-state index >= 15 is 0 Å². The molecule has 1 heterocycles. The zero-order chi connectivity index (χ0) is 15.5. The molecule has 1 aromatic carbocycles. The van der Waals surface area contributed by atoms with Crippen molar-refractivity contribution < 1.29 is 4.74 Å². The number of nitrogens with zero attached hydrogens (tertiary/aromatic N) is 1. The van der Waals surface area contributed by atoms with E-state index < -0.39 is 0 Å². The Hall–Kier alpha value is -1.55. The second kappa shape index (κ2) is 6.69. The Morgan fingerprint density at radius 2 is 2.05 bits per heavy atom. The number of hydrogen-bond donors (Lipinski definition) is 2. The van der Waals surface area contributed by atoms with Gasteiger partial charge in [0.15, 0.2) is 0 Å². The Bertz CT molecular complexity index is 612. The summed E-state index contributed by atoms with van der Waals surface area (Å²) in [6, 6.07) is 4.79. The topological polar surface area (TPSA) is 49.9 Å². The van der Waals surface area contributed by atoms with E-state index in [1.54, 1.807) is 0 Å². The van der Waals surface area contributed by atoms with Crippen LogP contribution in [-0.2, 0) is 0 Å². The minimum atomic E-state index is 0.347. The summed E-state index contributed by atoms with van der Waals surface area (Å²) >= 11 is 0. The van der Waals surface area contributed by atoms with Crippen molar-refractivity contribution in [3.05, 3.63) is 23.9 Å². The number of hydrogen-bond acceptors (Lipinski definition) is 3. The predicted molar refractivity (Wildman–Crippen MR) is 90.3 cm³/mol. The largest absolute Gasteiger partial charge is 0.490 e. The number of fused-ring (bicyclic) bond motifs is 1. The molecular weight excluding hydrogens is 274 g/mol. The average molecular weight is 301 g/mol. The number of ether oxygens (including phenoxy) is 1. The highest BCUT2D eigenvalue weighted by molar-refractivity contribution is 5.83. The lowest BCUT2D eigenvalue weighted by atomic mass is 9.92. The van der Waals surface area contributed by atoms with Gasteiger partial charge in [-0.1, -0.05) is 13.8 Å². The highest BCUT2D eigenvalue weighted by Gasteiger charge is 2.22. The first-order valence-electron chi connectivity index (χ1n) is 8.46. The second-order valence-corrected chi connectivity index (χ2v) is 6.91. The summed E-state index contributed by atoms with van der Waals surface area (Å²) in [7, 11) is 0. The van der Waals surface area contributed by atoms with Crippen LogP contribution in [0.4, 0.5) is 0 Å². The highest BCUT2D eigenvalue weighted by Crippen LogP contribution is 2.30. The van der Waals surface area contributed by atoms with E-state index in [2.05, 4.69) is 48.4 Å². The molecule has 0 amide bonds. The fourth-order valence-corrected chi connectivity index (χ4v) is 3.23. The summed E-state index contributed by atoms with van der Waals surface area (Å²) < 4.78 is 6.27. The maximum atomic E-state index is 6.27. The third kappa shape index (κ3) is 3.43. The molecule has 0 atom stereocenters. The number of aryl methyl sites for hydroxylation is 1. The van der Waals surface area contributed by atoms with Gasteiger partial charge in [0.1, 0.15) is 5.75 Å². The van der Waals surface area contributed by atoms with Gasteiger partial charge in [-0.15, -0.1) is 0 Å². The van der Waals surface area contributed by atoms with E-state index in [0.29, 0.717) is 12.1 Å². The number of aromatic amines is 1. The van der Waals surface area contributed by atoms with E-state index in [1.165, 1.54) is 18.4 Å². The van der Waals surface area contributed by atoms with E-state index in [0.717, 1.165) is 42.0 Å². The molecule has 2 aromatic rings. The van der Waals surface area contributed by atoms with E-state index in [1.807, 2.05) is 6.20 Å². The summed E-state index contributed by atoms with van der Waals surface area (Å²) in [5.74, 6) is 1.73. The average Bonchev–Trinajstić information content (AvgIpc) is 2.99. The van der Waals surface area contributed by atoms with Gasteiger partial charge in [-0.25, -0.2) is 0 Å². The molecule has 1 aromatic heterocycles. The van der Waals surface area contributed by atoms with Crippen molar-refractivity contribution in [2.45, 2.75) is 58.6 Å². The third-order valence-electron chi connectivity index (χ3n) is 4.63. The molecule has 0 spiro atoms. The van der Waals surface area contributed by atoms with Crippen molar-refractivity contribution in [1.82, 2.24) is 15.5 Å². The van der Waals surface area contributed by atoms with Crippen LogP contribution in [0.15, 0.2) is 18.3 Å². The molecule has 0 unspecified atom stereocenters. The quantitative estimate of drug-likeness (QED) is 0.883. The van der Waals surface area contributed by atoms with Crippen molar-refractivity contribution in [2.75, 3.05) is 6.54 Å². The molecule has 3 rings (SSSR count). The van der Waals surface area contributed by atoms with Crippen LogP contribution in [0.1, 0.15) is 45.1 Å². The molecule has 0 bridgehead atoms. The molecule has 22 heavy (non-hydrogen) atoms. The zero-order valence-electron chi connectivity index (χ0n) is 13.9. The fourth-order valence-electron chi connectivity index (χ4n) is 3.23. The molecule has 4 nitrogen and oxygen atoms in total. The van der Waals surface area contributed by atoms with Gasteiger partial charge in [-0.05, 0) is 57.2 Å². The van der Waals surface area contributed by atoms with Gasteiger partial charge in [0.25, 0.3) is 0 Å². The van der Waals surface area contributed by atoms with Crippen molar-refractivity contribution >= 4 is 10.9 Å². The molecule has 4 heteroatoms. The molecule has 1 aliphatic rings. The van der Waals surface area contributed by atoms with Crippen molar-refractivity contribution in [2.24, 2.45) is 5.92 Å². The lowest BCUT2D eigenvalue weighted by Gasteiger charge is -2.30. The first-order chi connectivity index (χ1) is 10.6. The van der Waals surface area contributed by atoms with Crippen molar-refractivity contribution in [3.8, 4) is 5.75 Å². The Morgan fingerprint density at radius 3 is 2.77 bits per heavy atom. The fraction of sp³-hybridized carbons (Fsp3) is 0.611. The maximum Gasteiger partial charge on any atom is 0.123 e. The summed E-state index contributed by atoms with van der Waals surface area (Å²) in [4.78, 5) is 0. The number of benzene rings is 1. The van der Waals surface area contributed by atoms with Crippen LogP contribution < -0.4 is 10.1 Å². The smallest absolute Gasteiger partial charge is 0.123 e. The minimum absolute atomic E-state index is 0.347. The van der Waals surface area contributed by atoms with Crippen LogP contribution in [0.2, 0.25) is 0 Å². The Labute approximate surface area is 132 Å². The SMILES string of the molecule is Cc1c(OC2CCC(NCC(C)C)CC2)ccc2[nH]ncc12. The summed E-state index contributed by atoms with van der Waals surface area (Å²) in [5, 5.41) is 11.9. The van der Waals surface area contributed by atoms with E-state index in [9.17, 15) is 0 Å². The van der Waals surface area contributed by atoms with Gasteiger partial charge < -0.3 is 10.1 Å². The van der Waals surface area contributed by atoms with Gasteiger partial charge in [0.2, 0.25) is 0 Å². The zero-order valence-corrected chi connectivity index (χ0v) is 13.9. The number of rotatable bonds is 5. The van der Waals surface area contributed by atoms with Crippen LogP contribution in [-0.4, -0.2) is 28.9 Å². The predicted octanol–water partition coefficient (Wildman–Crippen LogP) is 3.81. The van der Waals surface area contributed by atoms with Crippen LogP contribution in [0, 0.1) is 12.8 Å². The lowest BCUT2D eigenvalue weighted by molar-refractivity contribution is 0.138. The lowest BCUT2D eigenvalue weighted by Crippen LogP contribution is -2.38. The molecule has 1 fully saturated rings. The highest BCUT2D eigenvalue weighted by atomic mass is 16.5. The summed E-state index contributed by atoms with van der Waals surface area (Å²) in [5.41, 5.74) is 2.26. The first-order valence-corrected chi connectivity index (χ1v) is 8.46. The molecule has 1 saturated carbocycles. The van der Waals surface area contributed by atoms with Crippen LogP contribution in [0.3, 0.4) is 0 Å². The molecular formula is C18H27N3O. The van der Waals surface area contributed by atoms with Crippen molar-refractivity contribution in [3.63, 3.8) is 0 Å². The standard InChI is InChI=1S/C18H27N3O/c1-12(2)10-19-14-4-6-15(7-5-14)22-18-9-8-17-16(13(18)3)11-20-21-17/h8-9,11-12,14-15,19H,4-7,10H2,1-3H3,(H,20,21).